The second-order valence-electron chi connectivity index (χ2n) is 7.66. The average Bonchev–Trinajstić information content (AvgIpc) is 3.45. The minimum Gasteiger partial charge on any atom is -0.491 e. The summed E-state index contributed by atoms with van der Waals surface area (Å²) in [6.07, 6.45) is 3.49. The molecule has 7 nitrogen and oxygen atoms in total. The van der Waals surface area contributed by atoms with Gasteiger partial charge in [0.1, 0.15) is 24.2 Å². The van der Waals surface area contributed by atoms with E-state index in [0.29, 0.717) is 12.5 Å². The third kappa shape index (κ3) is 8.34. The Morgan fingerprint density at radius 1 is 1.23 bits per heavy atom. The van der Waals surface area contributed by atoms with Crippen LogP contribution in [-0.2, 0) is 0 Å². The number of hydrogen-bond donors (Lipinski definition) is 3. The third-order valence-electron chi connectivity index (χ3n) is 5.15. The van der Waals surface area contributed by atoms with Crippen molar-refractivity contribution in [2.75, 3.05) is 39.3 Å². The van der Waals surface area contributed by atoms with E-state index in [-0.39, 0.29) is 43.2 Å². The van der Waals surface area contributed by atoms with Gasteiger partial charge in [-0.05, 0) is 69.6 Å². The number of aliphatic imine (C=N–C) groups is 1. The van der Waals surface area contributed by atoms with E-state index >= 15 is 0 Å². The molecule has 0 amide bonds. The van der Waals surface area contributed by atoms with E-state index in [1.165, 1.54) is 12.8 Å². The van der Waals surface area contributed by atoms with Crippen LogP contribution >= 0.6 is 24.0 Å². The highest BCUT2D eigenvalue weighted by atomic mass is 127. The second-order valence-corrected chi connectivity index (χ2v) is 7.66. The number of nitrogens with zero attached hydrogens (tertiary/aromatic N) is 2. The molecule has 172 valence electrons. The van der Waals surface area contributed by atoms with Gasteiger partial charge >= 0.3 is 0 Å². The maximum Gasteiger partial charge on any atom is 0.191 e. The average molecular weight is 542 g/mol. The zero-order valence-corrected chi connectivity index (χ0v) is 20.7. The number of aliphatic hydroxyl groups excluding tert-OH is 1. The van der Waals surface area contributed by atoms with Crippen LogP contribution < -0.4 is 15.4 Å². The zero-order chi connectivity index (χ0) is 21.2. The maximum atomic E-state index is 10.3. The maximum absolute atomic E-state index is 10.3. The molecule has 3 N–H and O–H groups in total. The SMILES string of the molecule is CCNC(=NCC(O)COc1cccc(C)c1)NCC(c1ccco1)N1CCCC1.I. The molecule has 1 aliphatic rings. The topological polar surface area (TPSA) is 82.3 Å². The normalized spacial score (nSPS) is 16.4. The standard InChI is InChI=1S/C23H34N4O3.HI/c1-3-24-23(25-15-19(28)17-30-20-9-6-8-18(2)14-20)26-16-21(22-10-7-13-29-22)27-11-4-5-12-27;/h6-10,13-14,19,21,28H,3-5,11-12,15-17H2,1-2H3,(H2,24,25,26);1H. The molecule has 1 saturated heterocycles. The summed E-state index contributed by atoms with van der Waals surface area (Å²) in [5.74, 6) is 2.41. The minimum atomic E-state index is -0.680. The van der Waals surface area contributed by atoms with Crippen LogP contribution in [0.2, 0.25) is 0 Å². The number of rotatable bonds is 10. The number of benzene rings is 1. The Bertz CT molecular complexity index is 779. The van der Waals surface area contributed by atoms with E-state index in [9.17, 15) is 5.11 Å². The lowest BCUT2D eigenvalue weighted by Gasteiger charge is -2.26. The van der Waals surface area contributed by atoms with Crippen molar-refractivity contribution in [3.63, 3.8) is 0 Å². The Morgan fingerprint density at radius 3 is 2.71 bits per heavy atom. The fraction of sp³-hybridized carbons (Fsp3) is 0.522. The first-order chi connectivity index (χ1) is 14.7. The monoisotopic (exact) mass is 542 g/mol. The summed E-state index contributed by atoms with van der Waals surface area (Å²) < 4.78 is 11.4. The van der Waals surface area contributed by atoms with Crippen LogP contribution in [0.5, 0.6) is 5.75 Å². The number of nitrogens with one attached hydrogen (secondary N) is 2. The summed E-state index contributed by atoms with van der Waals surface area (Å²) in [4.78, 5) is 6.98. The molecule has 31 heavy (non-hydrogen) atoms. The molecule has 0 radical (unpaired) electrons. The number of halogens is 1. The van der Waals surface area contributed by atoms with Crippen LogP contribution in [0, 0.1) is 6.92 Å². The van der Waals surface area contributed by atoms with E-state index in [1.807, 2.05) is 50.2 Å². The van der Waals surface area contributed by atoms with Crippen molar-refractivity contribution >= 4 is 29.9 Å². The first-order valence-corrected chi connectivity index (χ1v) is 10.8. The second kappa shape index (κ2) is 13.6. The van der Waals surface area contributed by atoms with Crippen LogP contribution in [-0.4, -0.2) is 61.4 Å². The number of hydrogen-bond acceptors (Lipinski definition) is 5. The Balaban J connectivity index is 0.00000341. The highest BCUT2D eigenvalue weighted by molar-refractivity contribution is 14.0. The molecule has 1 aliphatic heterocycles. The summed E-state index contributed by atoms with van der Waals surface area (Å²) in [6.45, 7) is 8.10. The van der Waals surface area contributed by atoms with Crippen LogP contribution in [0.15, 0.2) is 52.1 Å². The van der Waals surface area contributed by atoms with Crippen molar-refractivity contribution in [1.82, 2.24) is 15.5 Å². The Hall–Kier alpha value is -1.78. The number of guanidine groups is 1. The Morgan fingerprint density at radius 2 is 2.03 bits per heavy atom. The van der Waals surface area contributed by atoms with Crippen LogP contribution in [0.1, 0.15) is 37.1 Å². The number of aliphatic hydroxyl groups is 1. The van der Waals surface area contributed by atoms with Crippen molar-refractivity contribution in [2.24, 2.45) is 4.99 Å². The summed E-state index contributed by atoms with van der Waals surface area (Å²) in [5, 5.41) is 16.9. The van der Waals surface area contributed by atoms with Crippen molar-refractivity contribution in [3.8, 4) is 5.75 Å². The zero-order valence-electron chi connectivity index (χ0n) is 18.4. The minimum absolute atomic E-state index is 0. The first-order valence-electron chi connectivity index (χ1n) is 10.8. The molecular formula is C23H35IN4O3. The van der Waals surface area contributed by atoms with Crippen LogP contribution in [0.25, 0.3) is 0 Å². The molecular weight excluding hydrogens is 507 g/mol. The van der Waals surface area contributed by atoms with Crippen molar-refractivity contribution in [3.05, 3.63) is 54.0 Å². The Kier molecular flexibility index (Phi) is 11.2. The molecule has 2 aromatic rings. The van der Waals surface area contributed by atoms with Gasteiger partial charge in [0.15, 0.2) is 5.96 Å². The predicted molar refractivity (Wildman–Crippen MR) is 134 cm³/mol. The number of likely N-dealkylation sites (tertiary alicyclic amines) is 1. The fourth-order valence-corrected chi connectivity index (χ4v) is 3.63. The molecule has 2 unspecified atom stereocenters. The lowest BCUT2D eigenvalue weighted by Crippen LogP contribution is -2.43. The van der Waals surface area contributed by atoms with Gasteiger partial charge in [0.25, 0.3) is 0 Å². The third-order valence-corrected chi connectivity index (χ3v) is 5.15. The van der Waals surface area contributed by atoms with Crippen LogP contribution in [0.3, 0.4) is 0 Å². The van der Waals surface area contributed by atoms with E-state index < -0.39 is 6.10 Å². The predicted octanol–water partition coefficient (Wildman–Crippen LogP) is 3.34. The highest BCUT2D eigenvalue weighted by Crippen LogP contribution is 2.24. The van der Waals surface area contributed by atoms with Crippen molar-refractivity contribution in [1.29, 1.82) is 0 Å². The van der Waals surface area contributed by atoms with Gasteiger partial charge in [0.2, 0.25) is 0 Å². The molecule has 0 saturated carbocycles. The molecule has 3 rings (SSSR count). The van der Waals surface area contributed by atoms with E-state index in [2.05, 4.69) is 20.5 Å². The molecule has 1 fully saturated rings. The summed E-state index contributed by atoms with van der Waals surface area (Å²) in [6, 6.07) is 11.9. The molecule has 2 atom stereocenters. The quantitative estimate of drug-likeness (QED) is 0.243. The van der Waals surface area contributed by atoms with Gasteiger partial charge < -0.3 is 24.9 Å². The van der Waals surface area contributed by atoms with Gasteiger partial charge in [-0.25, -0.2) is 0 Å². The number of aryl methyl sites for hydroxylation is 1. The van der Waals surface area contributed by atoms with Gasteiger partial charge in [-0.2, -0.15) is 0 Å². The summed E-state index contributed by atoms with van der Waals surface area (Å²) in [5.41, 5.74) is 1.13. The van der Waals surface area contributed by atoms with Gasteiger partial charge in [0, 0.05) is 13.1 Å². The van der Waals surface area contributed by atoms with Gasteiger partial charge in [0.05, 0.1) is 18.8 Å². The van der Waals surface area contributed by atoms with Gasteiger partial charge in [-0.1, -0.05) is 12.1 Å². The number of furan rings is 1. The molecule has 0 bridgehead atoms. The van der Waals surface area contributed by atoms with Gasteiger partial charge in [-0.3, -0.25) is 9.89 Å². The van der Waals surface area contributed by atoms with E-state index in [4.69, 9.17) is 9.15 Å². The molecule has 1 aromatic carbocycles. The lowest BCUT2D eigenvalue weighted by molar-refractivity contribution is 0.114. The lowest BCUT2D eigenvalue weighted by atomic mass is 10.2. The summed E-state index contributed by atoms with van der Waals surface area (Å²) >= 11 is 0. The molecule has 8 heteroatoms. The fourth-order valence-electron chi connectivity index (χ4n) is 3.63. The first kappa shape index (κ1) is 25.5. The Labute approximate surface area is 202 Å². The highest BCUT2D eigenvalue weighted by Gasteiger charge is 2.25. The van der Waals surface area contributed by atoms with Crippen molar-refractivity contribution in [2.45, 2.75) is 38.8 Å². The smallest absolute Gasteiger partial charge is 0.191 e. The van der Waals surface area contributed by atoms with Gasteiger partial charge in [-0.15, -0.1) is 24.0 Å². The van der Waals surface area contributed by atoms with E-state index in [0.717, 1.165) is 36.7 Å². The summed E-state index contributed by atoms with van der Waals surface area (Å²) in [7, 11) is 0. The molecule has 2 heterocycles. The molecule has 0 aliphatic carbocycles. The largest absolute Gasteiger partial charge is 0.491 e. The number of ether oxygens (including phenoxy) is 1. The molecule has 0 spiro atoms. The molecule has 1 aromatic heterocycles. The van der Waals surface area contributed by atoms with E-state index in [1.54, 1.807) is 6.26 Å². The van der Waals surface area contributed by atoms with Crippen molar-refractivity contribution < 1.29 is 14.3 Å². The van der Waals surface area contributed by atoms with Crippen LogP contribution in [0.4, 0.5) is 0 Å².